The molecule has 0 bridgehead atoms. The first-order chi connectivity index (χ1) is 15.4. The number of benzene rings is 2. The molecule has 1 N–H and O–H groups in total. The summed E-state index contributed by atoms with van der Waals surface area (Å²) in [6.07, 6.45) is 3.35. The molecule has 164 valence electrons. The molecule has 1 unspecified atom stereocenters. The Morgan fingerprint density at radius 3 is 2.25 bits per heavy atom. The van der Waals surface area contributed by atoms with Crippen LogP contribution in [-0.4, -0.2) is 37.5 Å². The standard InChI is InChI=1S/C25H26N4O2S/c1-17(2)32(4,30)21-11-9-20(10-12-21)23-15-27-16-24(28-23)25-13-22(29-31-25)19-7-5-18(6-8-19)14-26-3/h5-13,15-17,26H,4,14H2,1-3H3. The molecule has 0 amide bonds. The number of rotatable bonds is 7. The fourth-order valence-corrected chi connectivity index (χ4v) is 4.42. The Bertz CT molecular complexity index is 1310. The van der Waals surface area contributed by atoms with Gasteiger partial charge in [-0.25, -0.2) is 4.98 Å². The first kappa shape index (κ1) is 21.9. The molecule has 2 aromatic carbocycles. The molecular weight excluding hydrogens is 420 g/mol. The zero-order valence-corrected chi connectivity index (χ0v) is 19.2. The highest BCUT2D eigenvalue weighted by Crippen LogP contribution is 2.27. The van der Waals surface area contributed by atoms with Crippen LogP contribution in [0.25, 0.3) is 34.0 Å². The third kappa shape index (κ3) is 4.49. The average Bonchev–Trinajstić information content (AvgIpc) is 3.30. The van der Waals surface area contributed by atoms with Crippen LogP contribution in [0.1, 0.15) is 19.4 Å². The molecule has 0 aliphatic heterocycles. The number of aromatic nitrogens is 3. The summed E-state index contributed by atoms with van der Waals surface area (Å²) >= 11 is 0. The van der Waals surface area contributed by atoms with Gasteiger partial charge < -0.3 is 9.84 Å². The molecule has 0 aliphatic rings. The van der Waals surface area contributed by atoms with Crippen LogP contribution in [-0.2, 0) is 16.1 Å². The van der Waals surface area contributed by atoms with E-state index in [1.165, 1.54) is 5.56 Å². The molecule has 7 heteroatoms. The molecule has 2 heterocycles. The predicted molar refractivity (Wildman–Crippen MR) is 130 cm³/mol. The maximum Gasteiger partial charge on any atom is 0.187 e. The van der Waals surface area contributed by atoms with Crippen LogP contribution in [0.4, 0.5) is 0 Å². The summed E-state index contributed by atoms with van der Waals surface area (Å²) in [5.41, 5.74) is 5.09. The fourth-order valence-electron chi connectivity index (χ4n) is 3.28. The van der Waals surface area contributed by atoms with E-state index in [4.69, 9.17) is 9.51 Å². The van der Waals surface area contributed by atoms with E-state index in [0.29, 0.717) is 17.1 Å². The highest BCUT2D eigenvalue weighted by atomic mass is 32.2. The second kappa shape index (κ2) is 9.06. The second-order valence-electron chi connectivity index (χ2n) is 7.89. The minimum absolute atomic E-state index is 0.0309. The smallest absolute Gasteiger partial charge is 0.187 e. The van der Waals surface area contributed by atoms with Gasteiger partial charge in [0.25, 0.3) is 0 Å². The monoisotopic (exact) mass is 446 g/mol. The predicted octanol–water partition coefficient (Wildman–Crippen LogP) is 4.67. The van der Waals surface area contributed by atoms with Crippen molar-refractivity contribution in [1.82, 2.24) is 20.4 Å². The summed E-state index contributed by atoms with van der Waals surface area (Å²) in [4.78, 5) is 9.76. The van der Waals surface area contributed by atoms with Crippen molar-refractivity contribution in [2.24, 2.45) is 0 Å². The SMILES string of the molecule is C=S(=O)(c1ccc(-c2cncc(-c3cc(-c4ccc(CNC)cc4)no3)n2)cc1)C(C)C. The Morgan fingerprint density at radius 1 is 0.969 bits per heavy atom. The van der Waals surface area contributed by atoms with Gasteiger partial charge in [0.1, 0.15) is 11.4 Å². The van der Waals surface area contributed by atoms with Gasteiger partial charge in [0, 0.05) is 33.9 Å². The zero-order chi connectivity index (χ0) is 22.7. The number of hydrogen-bond donors (Lipinski definition) is 1. The summed E-state index contributed by atoms with van der Waals surface area (Å²) in [5, 5.41) is 7.30. The second-order valence-corrected chi connectivity index (χ2v) is 10.8. The number of hydrogen-bond acceptors (Lipinski definition) is 6. The van der Waals surface area contributed by atoms with Gasteiger partial charge in [-0.2, -0.15) is 0 Å². The summed E-state index contributed by atoms with van der Waals surface area (Å²) in [6, 6.07) is 17.5. The molecule has 0 saturated carbocycles. The van der Waals surface area contributed by atoms with Crippen molar-refractivity contribution in [3.05, 3.63) is 72.6 Å². The molecule has 0 spiro atoms. The van der Waals surface area contributed by atoms with E-state index in [0.717, 1.165) is 28.3 Å². The molecule has 0 radical (unpaired) electrons. The van der Waals surface area contributed by atoms with Crippen molar-refractivity contribution in [3.8, 4) is 34.0 Å². The molecule has 4 rings (SSSR count). The molecule has 0 saturated heterocycles. The van der Waals surface area contributed by atoms with Crippen LogP contribution in [0.3, 0.4) is 0 Å². The maximum absolute atomic E-state index is 12.8. The Balaban J connectivity index is 1.59. The van der Waals surface area contributed by atoms with Crippen molar-refractivity contribution < 1.29 is 8.73 Å². The quantitative estimate of drug-likeness (QED) is 0.416. The molecule has 0 aliphatic carbocycles. The van der Waals surface area contributed by atoms with Gasteiger partial charge in [0.15, 0.2) is 5.76 Å². The van der Waals surface area contributed by atoms with Gasteiger partial charge in [-0.15, -0.1) is 0 Å². The minimum Gasteiger partial charge on any atom is -0.354 e. The molecule has 0 fully saturated rings. The highest BCUT2D eigenvalue weighted by Gasteiger charge is 2.14. The van der Waals surface area contributed by atoms with E-state index >= 15 is 0 Å². The van der Waals surface area contributed by atoms with Crippen LogP contribution in [0.2, 0.25) is 0 Å². The van der Waals surface area contributed by atoms with Gasteiger partial charge in [0.2, 0.25) is 0 Å². The van der Waals surface area contributed by atoms with E-state index in [1.54, 1.807) is 12.4 Å². The normalized spacial score (nSPS) is 13.2. The molecule has 2 aromatic heterocycles. The van der Waals surface area contributed by atoms with Gasteiger partial charge >= 0.3 is 0 Å². The van der Waals surface area contributed by atoms with E-state index in [2.05, 4.69) is 33.5 Å². The third-order valence-electron chi connectivity index (χ3n) is 5.34. The van der Waals surface area contributed by atoms with Crippen LogP contribution in [0, 0.1) is 0 Å². The van der Waals surface area contributed by atoms with Crippen LogP contribution >= 0.6 is 0 Å². The molecule has 1 atom stereocenters. The Labute approximate surface area is 188 Å². The summed E-state index contributed by atoms with van der Waals surface area (Å²) in [6.45, 7) is 4.65. The lowest BCUT2D eigenvalue weighted by Crippen LogP contribution is -2.13. The molecule has 6 nitrogen and oxygen atoms in total. The maximum atomic E-state index is 12.8. The highest BCUT2D eigenvalue weighted by molar-refractivity contribution is 8.00. The Kier molecular flexibility index (Phi) is 6.21. The largest absolute Gasteiger partial charge is 0.354 e. The van der Waals surface area contributed by atoms with E-state index in [1.807, 2.05) is 63.4 Å². The van der Waals surface area contributed by atoms with Crippen LogP contribution < -0.4 is 5.32 Å². The first-order valence-corrected chi connectivity index (χ1v) is 12.2. The average molecular weight is 447 g/mol. The zero-order valence-electron chi connectivity index (χ0n) is 18.4. The minimum atomic E-state index is -2.32. The fraction of sp³-hybridized carbons (Fsp3) is 0.200. The summed E-state index contributed by atoms with van der Waals surface area (Å²) in [7, 11) is -0.397. The summed E-state index contributed by atoms with van der Waals surface area (Å²) < 4.78 is 18.3. The molecule has 32 heavy (non-hydrogen) atoms. The first-order valence-electron chi connectivity index (χ1n) is 10.4. The summed E-state index contributed by atoms with van der Waals surface area (Å²) in [5.74, 6) is 4.46. The topological polar surface area (TPSA) is 80.9 Å². The molecule has 4 aromatic rings. The van der Waals surface area contributed by atoms with E-state index in [-0.39, 0.29) is 5.25 Å². The van der Waals surface area contributed by atoms with Crippen molar-refractivity contribution >= 4 is 15.4 Å². The lowest BCUT2D eigenvalue weighted by molar-refractivity contribution is 0.433. The van der Waals surface area contributed by atoms with Crippen molar-refractivity contribution in [1.29, 1.82) is 0 Å². The van der Waals surface area contributed by atoms with E-state index < -0.39 is 9.52 Å². The number of nitrogens with zero attached hydrogens (tertiary/aromatic N) is 3. The lowest BCUT2D eigenvalue weighted by atomic mass is 10.1. The van der Waals surface area contributed by atoms with Crippen molar-refractivity contribution in [3.63, 3.8) is 0 Å². The van der Waals surface area contributed by atoms with Gasteiger partial charge in [-0.1, -0.05) is 55.4 Å². The van der Waals surface area contributed by atoms with Crippen LogP contribution in [0.5, 0.6) is 0 Å². The van der Waals surface area contributed by atoms with Crippen LogP contribution in [0.15, 0.2) is 76.4 Å². The molecular formula is C25H26N4O2S. The van der Waals surface area contributed by atoms with Gasteiger partial charge in [-0.3, -0.25) is 9.19 Å². The van der Waals surface area contributed by atoms with Gasteiger partial charge in [-0.05, 0) is 40.1 Å². The van der Waals surface area contributed by atoms with E-state index in [9.17, 15) is 4.21 Å². The van der Waals surface area contributed by atoms with Crippen molar-refractivity contribution in [2.45, 2.75) is 30.5 Å². The third-order valence-corrected chi connectivity index (χ3v) is 7.93. The Hall–Kier alpha value is -3.29. The number of nitrogens with one attached hydrogen (secondary N) is 1. The van der Waals surface area contributed by atoms with Gasteiger partial charge in [0.05, 0.1) is 18.1 Å². The van der Waals surface area contributed by atoms with Crippen molar-refractivity contribution in [2.75, 3.05) is 7.05 Å². The lowest BCUT2D eigenvalue weighted by Gasteiger charge is -2.13. The Morgan fingerprint density at radius 2 is 1.59 bits per heavy atom.